The molecule has 0 spiro atoms. The molecule has 1 saturated heterocycles. The highest BCUT2D eigenvalue weighted by Gasteiger charge is 2.24. The molecule has 0 saturated carbocycles. The second-order valence-electron chi connectivity index (χ2n) is 5.80. The van der Waals surface area contributed by atoms with Crippen LogP contribution in [0.2, 0.25) is 0 Å². The summed E-state index contributed by atoms with van der Waals surface area (Å²) in [5.74, 6) is 0.628. The minimum Gasteiger partial charge on any atom is -0.343 e. The van der Waals surface area contributed by atoms with Gasteiger partial charge in [0, 0.05) is 32.4 Å². The van der Waals surface area contributed by atoms with Crippen LogP contribution in [0.1, 0.15) is 31.2 Å². The summed E-state index contributed by atoms with van der Waals surface area (Å²) >= 11 is 1.61. The third-order valence-corrected chi connectivity index (χ3v) is 5.12. The molecule has 116 valence electrons. The van der Waals surface area contributed by atoms with Crippen LogP contribution in [0.5, 0.6) is 0 Å². The molecule has 5 nitrogen and oxygen atoms in total. The molecular weight excluding hydrogens is 296 g/mol. The number of aromatic nitrogens is 3. The summed E-state index contributed by atoms with van der Waals surface area (Å²) < 4.78 is 0. The van der Waals surface area contributed by atoms with Gasteiger partial charge in [-0.25, -0.2) is 4.98 Å². The molecule has 0 aromatic carbocycles. The van der Waals surface area contributed by atoms with Gasteiger partial charge in [0.2, 0.25) is 5.91 Å². The zero-order valence-electron chi connectivity index (χ0n) is 13.0. The van der Waals surface area contributed by atoms with Crippen LogP contribution in [-0.2, 0) is 11.2 Å². The van der Waals surface area contributed by atoms with Gasteiger partial charge in [-0.1, -0.05) is 0 Å². The molecule has 0 aliphatic carbocycles. The Morgan fingerprint density at radius 3 is 2.91 bits per heavy atom. The molecular formula is C16H20N4OS. The van der Waals surface area contributed by atoms with Crippen molar-refractivity contribution >= 4 is 17.2 Å². The van der Waals surface area contributed by atoms with E-state index in [2.05, 4.69) is 15.0 Å². The topological polar surface area (TPSA) is 59.0 Å². The molecule has 22 heavy (non-hydrogen) atoms. The van der Waals surface area contributed by atoms with Crippen LogP contribution in [-0.4, -0.2) is 38.8 Å². The monoisotopic (exact) mass is 316 g/mol. The molecule has 2 aromatic rings. The molecule has 2 aromatic heterocycles. The number of nitrogens with zero attached hydrogens (tertiary/aromatic N) is 4. The van der Waals surface area contributed by atoms with Gasteiger partial charge in [0.15, 0.2) is 0 Å². The lowest BCUT2D eigenvalue weighted by molar-refractivity contribution is -0.130. The van der Waals surface area contributed by atoms with Crippen molar-refractivity contribution in [2.24, 2.45) is 5.92 Å². The summed E-state index contributed by atoms with van der Waals surface area (Å²) in [5.41, 5.74) is 4.81. The Hall–Kier alpha value is -1.82. The number of likely N-dealkylation sites (tertiary alicyclic amines) is 1. The smallest absolute Gasteiger partial charge is 0.219 e. The van der Waals surface area contributed by atoms with Crippen molar-refractivity contribution in [3.63, 3.8) is 0 Å². The van der Waals surface area contributed by atoms with Gasteiger partial charge in [0.1, 0.15) is 5.69 Å². The van der Waals surface area contributed by atoms with E-state index in [1.54, 1.807) is 30.7 Å². The highest BCUT2D eigenvalue weighted by atomic mass is 32.1. The van der Waals surface area contributed by atoms with Crippen LogP contribution in [0.25, 0.3) is 10.6 Å². The zero-order chi connectivity index (χ0) is 15.5. The van der Waals surface area contributed by atoms with Crippen LogP contribution < -0.4 is 0 Å². The van der Waals surface area contributed by atoms with Gasteiger partial charge in [-0.3, -0.25) is 14.8 Å². The lowest BCUT2D eigenvalue weighted by Gasteiger charge is -2.32. The van der Waals surface area contributed by atoms with E-state index < -0.39 is 0 Å². The first-order valence-electron chi connectivity index (χ1n) is 7.61. The number of carbonyl (C=O) groups excluding carboxylic acids is 1. The summed E-state index contributed by atoms with van der Waals surface area (Å²) in [6.07, 6.45) is 6.56. The Morgan fingerprint density at radius 1 is 1.36 bits per heavy atom. The Balaban J connectivity index is 1.81. The Bertz CT molecular complexity index is 670. The maximum absolute atomic E-state index is 11.6. The highest BCUT2D eigenvalue weighted by molar-refractivity contribution is 7.13. The molecule has 1 atom stereocenters. The predicted octanol–water partition coefficient (Wildman–Crippen LogP) is 2.71. The first-order valence-corrected chi connectivity index (χ1v) is 8.49. The van der Waals surface area contributed by atoms with E-state index >= 15 is 0 Å². The molecule has 0 unspecified atom stereocenters. The van der Waals surface area contributed by atoms with Crippen LogP contribution in [0, 0.1) is 12.8 Å². The molecule has 3 heterocycles. The van der Waals surface area contributed by atoms with Gasteiger partial charge in [0.25, 0.3) is 0 Å². The van der Waals surface area contributed by atoms with Crippen molar-refractivity contribution in [2.75, 3.05) is 13.1 Å². The van der Waals surface area contributed by atoms with Gasteiger partial charge in [0.05, 0.1) is 21.8 Å². The number of hydrogen-bond donors (Lipinski definition) is 0. The molecule has 1 aliphatic heterocycles. The fraction of sp³-hybridized carbons (Fsp3) is 0.500. The quantitative estimate of drug-likeness (QED) is 0.873. The van der Waals surface area contributed by atoms with Crippen molar-refractivity contribution < 1.29 is 4.79 Å². The van der Waals surface area contributed by atoms with Gasteiger partial charge in [-0.15, -0.1) is 11.3 Å². The van der Waals surface area contributed by atoms with E-state index in [4.69, 9.17) is 0 Å². The average molecular weight is 316 g/mol. The molecule has 1 aliphatic rings. The summed E-state index contributed by atoms with van der Waals surface area (Å²) in [5, 5.41) is 0. The van der Waals surface area contributed by atoms with Gasteiger partial charge >= 0.3 is 0 Å². The van der Waals surface area contributed by atoms with Gasteiger partial charge in [-0.2, -0.15) is 0 Å². The largest absolute Gasteiger partial charge is 0.343 e. The molecule has 0 N–H and O–H groups in total. The van der Waals surface area contributed by atoms with E-state index in [-0.39, 0.29) is 5.91 Å². The Kier molecular flexibility index (Phi) is 4.47. The summed E-state index contributed by atoms with van der Waals surface area (Å²) in [6.45, 7) is 5.36. The number of rotatable bonds is 3. The number of piperidine rings is 1. The van der Waals surface area contributed by atoms with Gasteiger partial charge < -0.3 is 4.90 Å². The molecule has 3 rings (SSSR count). The molecule has 1 fully saturated rings. The number of hydrogen-bond acceptors (Lipinski definition) is 5. The maximum Gasteiger partial charge on any atom is 0.219 e. The SMILES string of the molecule is CC(=O)N1CCC[C@H](Cc2nccnc2-c2scnc2C)C1. The Labute approximate surface area is 134 Å². The lowest BCUT2D eigenvalue weighted by atomic mass is 9.92. The first-order chi connectivity index (χ1) is 10.6. The predicted molar refractivity (Wildman–Crippen MR) is 86.6 cm³/mol. The third kappa shape index (κ3) is 3.16. The number of amides is 1. The zero-order valence-corrected chi connectivity index (χ0v) is 13.8. The third-order valence-electron chi connectivity index (χ3n) is 4.18. The van der Waals surface area contributed by atoms with Crippen molar-refractivity contribution in [2.45, 2.75) is 33.1 Å². The van der Waals surface area contributed by atoms with Crippen molar-refractivity contribution in [3.05, 3.63) is 29.3 Å². The van der Waals surface area contributed by atoms with Crippen LogP contribution >= 0.6 is 11.3 Å². The first kappa shape index (κ1) is 15.1. The Morgan fingerprint density at radius 2 is 2.18 bits per heavy atom. The maximum atomic E-state index is 11.6. The molecule has 0 bridgehead atoms. The molecule has 0 radical (unpaired) electrons. The van der Waals surface area contributed by atoms with Gasteiger partial charge in [-0.05, 0) is 32.1 Å². The number of thiazole rings is 1. The minimum absolute atomic E-state index is 0.169. The van der Waals surface area contributed by atoms with E-state index in [9.17, 15) is 4.79 Å². The highest BCUT2D eigenvalue weighted by Crippen LogP contribution is 2.30. The molecule has 6 heteroatoms. The van der Waals surface area contributed by atoms with E-state index in [1.165, 1.54) is 0 Å². The fourth-order valence-corrected chi connectivity index (χ4v) is 3.85. The van der Waals surface area contributed by atoms with Crippen LogP contribution in [0.4, 0.5) is 0 Å². The summed E-state index contributed by atoms with van der Waals surface area (Å²) in [4.78, 5) is 28.0. The van der Waals surface area contributed by atoms with E-state index in [0.29, 0.717) is 5.92 Å². The number of carbonyl (C=O) groups is 1. The van der Waals surface area contributed by atoms with E-state index in [0.717, 1.165) is 54.3 Å². The van der Waals surface area contributed by atoms with Crippen molar-refractivity contribution in [1.29, 1.82) is 0 Å². The normalized spacial score (nSPS) is 18.5. The fourth-order valence-electron chi connectivity index (χ4n) is 3.03. The number of aryl methyl sites for hydroxylation is 1. The van der Waals surface area contributed by atoms with Crippen LogP contribution in [0.3, 0.4) is 0 Å². The second-order valence-corrected chi connectivity index (χ2v) is 6.65. The van der Waals surface area contributed by atoms with Crippen molar-refractivity contribution in [1.82, 2.24) is 19.9 Å². The molecule has 1 amide bonds. The average Bonchev–Trinajstić information content (AvgIpc) is 2.94. The lowest BCUT2D eigenvalue weighted by Crippen LogP contribution is -2.39. The summed E-state index contributed by atoms with van der Waals surface area (Å²) in [7, 11) is 0. The summed E-state index contributed by atoms with van der Waals surface area (Å²) in [6, 6.07) is 0. The van der Waals surface area contributed by atoms with Crippen molar-refractivity contribution in [3.8, 4) is 10.6 Å². The second kappa shape index (κ2) is 6.52. The minimum atomic E-state index is 0.169. The van der Waals surface area contributed by atoms with E-state index in [1.807, 2.05) is 17.3 Å². The van der Waals surface area contributed by atoms with Crippen LogP contribution in [0.15, 0.2) is 17.9 Å². The standard InChI is InChI=1S/C16H20N4OS/c1-11-16(22-10-19-11)15-14(17-5-6-18-15)8-13-4-3-7-20(9-13)12(2)21/h5-6,10,13H,3-4,7-9H2,1-2H3/t13-/m1/s1.